The van der Waals surface area contributed by atoms with E-state index in [1.165, 1.54) is 12.1 Å². The van der Waals surface area contributed by atoms with E-state index in [4.69, 9.17) is 11.6 Å². The van der Waals surface area contributed by atoms with Crippen LogP contribution >= 0.6 is 11.6 Å². The quantitative estimate of drug-likeness (QED) is 0.815. The summed E-state index contributed by atoms with van der Waals surface area (Å²) >= 11 is 5.93. The molecule has 2 rings (SSSR count). The second kappa shape index (κ2) is 6.39. The molecule has 0 unspecified atom stereocenters. The molecule has 1 amide bonds. The summed E-state index contributed by atoms with van der Waals surface area (Å²) in [5, 5.41) is 11.7. The molecule has 0 spiro atoms. The molecule has 8 heteroatoms. The maximum atomic E-state index is 12.1. The van der Waals surface area contributed by atoms with Crippen molar-refractivity contribution >= 4 is 29.2 Å². The first kappa shape index (κ1) is 17.6. The van der Waals surface area contributed by atoms with Crippen LogP contribution in [0.15, 0.2) is 18.2 Å². The van der Waals surface area contributed by atoms with E-state index in [2.05, 4.69) is 5.32 Å². The molecular weight excluding hydrogens is 335 g/mol. The second-order valence-corrected chi connectivity index (χ2v) is 6.15. The zero-order chi connectivity index (χ0) is 17.3. The normalized spacial score (nSPS) is 16.0. The number of nitrogens with one attached hydrogen (secondary N) is 1. The average molecular weight is 350 g/mol. The Morgan fingerprint density at radius 2 is 1.96 bits per heavy atom. The van der Waals surface area contributed by atoms with E-state index < -0.39 is 36.3 Å². The van der Waals surface area contributed by atoms with Gasteiger partial charge in [0.05, 0.1) is 22.5 Å². The van der Waals surface area contributed by atoms with Gasteiger partial charge in [0.25, 0.3) is 0 Å². The topological polar surface area (TPSA) is 66.4 Å². The molecule has 0 heterocycles. The van der Waals surface area contributed by atoms with E-state index in [1.807, 2.05) is 0 Å². The number of rotatable bonds is 6. The average Bonchev–Trinajstić information content (AvgIpc) is 3.21. The minimum Gasteiger partial charge on any atom is -0.481 e. The number of alkyl halides is 3. The molecule has 1 aliphatic rings. The van der Waals surface area contributed by atoms with Crippen LogP contribution in [0, 0.1) is 5.41 Å². The van der Waals surface area contributed by atoms with Crippen molar-refractivity contribution in [1.82, 2.24) is 0 Å². The standard InChI is InChI=1S/C15H15ClF3NO3/c16-10-2-1-9(8-14(5-6-14)13(22)23)7-11(10)20-12(21)3-4-15(17,18)19/h1-2,7H,3-6,8H2,(H,20,21)(H,22,23). The van der Waals surface area contributed by atoms with Gasteiger partial charge < -0.3 is 10.4 Å². The third-order valence-electron chi connectivity index (χ3n) is 3.79. The molecule has 23 heavy (non-hydrogen) atoms. The monoisotopic (exact) mass is 349 g/mol. The highest BCUT2D eigenvalue weighted by molar-refractivity contribution is 6.33. The van der Waals surface area contributed by atoms with Crippen molar-refractivity contribution in [2.75, 3.05) is 5.32 Å². The second-order valence-electron chi connectivity index (χ2n) is 5.74. The lowest BCUT2D eigenvalue weighted by molar-refractivity contribution is -0.143. The summed E-state index contributed by atoms with van der Waals surface area (Å²) in [5.41, 5.74) is 0.0868. The van der Waals surface area contributed by atoms with E-state index in [9.17, 15) is 27.9 Å². The minimum atomic E-state index is -4.40. The maximum Gasteiger partial charge on any atom is 0.389 e. The van der Waals surface area contributed by atoms with Gasteiger partial charge in [0.2, 0.25) is 5.91 Å². The summed E-state index contributed by atoms with van der Waals surface area (Å²) in [7, 11) is 0. The Morgan fingerprint density at radius 1 is 1.30 bits per heavy atom. The SMILES string of the molecule is O=C(CCC(F)(F)F)Nc1cc(CC2(C(=O)O)CC2)ccc1Cl. The zero-order valence-electron chi connectivity index (χ0n) is 12.0. The lowest BCUT2D eigenvalue weighted by Gasteiger charge is -2.13. The minimum absolute atomic E-state index is 0.189. The third kappa shape index (κ3) is 4.86. The first-order chi connectivity index (χ1) is 10.6. The van der Waals surface area contributed by atoms with Crippen molar-refractivity contribution < 1.29 is 27.9 Å². The van der Waals surface area contributed by atoms with Crippen LogP contribution in [0.3, 0.4) is 0 Å². The van der Waals surface area contributed by atoms with Crippen molar-refractivity contribution in [3.8, 4) is 0 Å². The van der Waals surface area contributed by atoms with Crippen LogP contribution in [0.25, 0.3) is 0 Å². The molecule has 0 atom stereocenters. The highest BCUT2D eigenvalue weighted by Crippen LogP contribution is 2.49. The Bertz CT molecular complexity index is 627. The van der Waals surface area contributed by atoms with E-state index >= 15 is 0 Å². The van der Waals surface area contributed by atoms with Gasteiger partial charge in [-0.25, -0.2) is 0 Å². The van der Waals surface area contributed by atoms with Crippen molar-refractivity contribution in [2.24, 2.45) is 5.41 Å². The van der Waals surface area contributed by atoms with Crippen LogP contribution in [0.5, 0.6) is 0 Å². The number of carboxylic acid groups (broad SMARTS) is 1. The van der Waals surface area contributed by atoms with Crippen molar-refractivity contribution in [3.05, 3.63) is 28.8 Å². The fourth-order valence-electron chi connectivity index (χ4n) is 2.25. The Morgan fingerprint density at radius 3 is 2.48 bits per heavy atom. The summed E-state index contributed by atoms with van der Waals surface area (Å²) in [5.74, 6) is -1.66. The summed E-state index contributed by atoms with van der Waals surface area (Å²) < 4.78 is 36.3. The van der Waals surface area contributed by atoms with Crippen LogP contribution in [0.1, 0.15) is 31.2 Å². The van der Waals surface area contributed by atoms with E-state index in [-0.39, 0.29) is 10.7 Å². The number of carboxylic acids is 1. The van der Waals surface area contributed by atoms with Crippen LogP contribution in [0.4, 0.5) is 18.9 Å². The molecule has 1 aromatic rings. The Labute approximate surface area is 135 Å². The molecule has 126 valence electrons. The molecule has 0 aromatic heterocycles. The zero-order valence-corrected chi connectivity index (χ0v) is 12.8. The Hall–Kier alpha value is -1.76. The number of amides is 1. The number of hydrogen-bond donors (Lipinski definition) is 2. The number of benzene rings is 1. The largest absolute Gasteiger partial charge is 0.481 e. The number of hydrogen-bond acceptors (Lipinski definition) is 2. The van der Waals surface area contributed by atoms with Crippen LogP contribution < -0.4 is 5.32 Å². The lowest BCUT2D eigenvalue weighted by atomic mass is 9.96. The van der Waals surface area contributed by atoms with Crippen LogP contribution in [-0.4, -0.2) is 23.2 Å². The molecule has 0 bridgehead atoms. The van der Waals surface area contributed by atoms with Crippen molar-refractivity contribution in [2.45, 2.75) is 38.3 Å². The highest BCUT2D eigenvalue weighted by Gasteiger charge is 2.49. The number of carbonyl (C=O) groups is 2. The van der Waals surface area contributed by atoms with Gasteiger partial charge in [-0.1, -0.05) is 17.7 Å². The van der Waals surface area contributed by atoms with E-state index in [1.54, 1.807) is 6.07 Å². The number of aliphatic carboxylic acids is 1. The summed E-state index contributed by atoms with van der Waals surface area (Å²) in [6, 6.07) is 4.65. The number of anilines is 1. The Kier molecular flexibility index (Phi) is 4.89. The van der Waals surface area contributed by atoms with Gasteiger partial charge in [0, 0.05) is 6.42 Å². The molecule has 0 saturated heterocycles. The highest BCUT2D eigenvalue weighted by atomic mass is 35.5. The van der Waals surface area contributed by atoms with Gasteiger partial charge in [-0.2, -0.15) is 13.2 Å². The summed E-state index contributed by atoms with van der Waals surface area (Å²) in [6.45, 7) is 0. The fourth-order valence-corrected chi connectivity index (χ4v) is 2.42. The van der Waals surface area contributed by atoms with E-state index in [0.717, 1.165) is 0 Å². The van der Waals surface area contributed by atoms with Crippen LogP contribution in [-0.2, 0) is 16.0 Å². The molecule has 2 N–H and O–H groups in total. The molecule has 0 aliphatic heterocycles. The van der Waals surface area contributed by atoms with Gasteiger partial charge in [0.1, 0.15) is 0 Å². The first-order valence-corrected chi connectivity index (χ1v) is 7.38. The molecule has 4 nitrogen and oxygen atoms in total. The lowest BCUT2D eigenvalue weighted by Crippen LogP contribution is -2.18. The number of carbonyl (C=O) groups excluding carboxylic acids is 1. The Balaban J connectivity index is 2.03. The van der Waals surface area contributed by atoms with Crippen LogP contribution in [0.2, 0.25) is 5.02 Å². The predicted molar refractivity (Wildman–Crippen MR) is 78.4 cm³/mol. The molecular formula is C15H15ClF3NO3. The van der Waals surface area contributed by atoms with Gasteiger partial charge in [-0.15, -0.1) is 0 Å². The molecule has 0 radical (unpaired) electrons. The van der Waals surface area contributed by atoms with Crippen molar-refractivity contribution in [1.29, 1.82) is 0 Å². The summed E-state index contributed by atoms with van der Waals surface area (Å²) in [6.07, 6.45) is -4.84. The third-order valence-corrected chi connectivity index (χ3v) is 4.12. The van der Waals surface area contributed by atoms with Gasteiger partial charge >= 0.3 is 12.1 Å². The molecule has 1 aliphatic carbocycles. The first-order valence-electron chi connectivity index (χ1n) is 7.00. The molecule has 1 fully saturated rings. The van der Waals surface area contributed by atoms with Gasteiger partial charge in [0.15, 0.2) is 0 Å². The van der Waals surface area contributed by atoms with Crippen molar-refractivity contribution in [3.63, 3.8) is 0 Å². The van der Waals surface area contributed by atoms with E-state index in [0.29, 0.717) is 24.8 Å². The van der Waals surface area contributed by atoms with Gasteiger partial charge in [-0.3, -0.25) is 9.59 Å². The maximum absolute atomic E-state index is 12.1. The fraction of sp³-hybridized carbons (Fsp3) is 0.467. The smallest absolute Gasteiger partial charge is 0.389 e. The predicted octanol–water partition coefficient (Wildman–Crippen LogP) is 4.03. The molecule has 1 aromatic carbocycles. The van der Waals surface area contributed by atoms with Gasteiger partial charge in [-0.05, 0) is 37.0 Å². The number of halogens is 4. The molecule has 1 saturated carbocycles. The summed E-state index contributed by atoms with van der Waals surface area (Å²) in [4.78, 5) is 22.8.